The van der Waals surface area contributed by atoms with E-state index in [1.165, 1.54) is 12.1 Å². The topological polar surface area (TPSA) is 79.8 Å². The van der Waals surface area contributed by atoms with E-state index in [1.54, 1.807) is 54.6 Å². The predicted molar refractivity (Wildman–Crippen MR) is 151 cm³/mol. The van der Waals surface area contributed by atoms with Crippen molar-refractivity contribution in [2.45, 2.75) is 25.1 Å². The summed E-state index contributed by atoms with van der Waals surface area (Å²) < 4.78 is 40.1. The molecule has 6 nitrogen and oxygen atoms in total. The number of nitrogens with one attached hydrogen (secondary N) is 2. The van der Waals surface area contributed by atoms with E-state index >= 15 is 0 Å². The van der Waals surface area contributed by atoms with E-state index in [-0.39, 0.29) is 12.1 Å². The quantitative estimate of drug-likeness (QED) is 0.128. The molecule has 0 fully saturated rings. The SMILES string of the molecule is O=CNc1cc([C@H](O)CNCCc2cccc(OCC(F)(F)c3ccccc3)c2)ccc1OCc1ccccc1. The zero-order chi connectivity index (χ0) is 28.2. The van der Waals surface area contributed by atoms with Gasteiger partial charge in [-0.2, -0.15) is 8.78 Å². The molecule has 0 aliphatic carbocycles. The van der Waals surface area contributed by atoms with Gasteiger partial charge in [-0.3, -0.25) is 4.79 Å². The van der Waals surface area contributed by atoms with Gasteiger partial charge in [0.1, 0.15) is 18.1 Å². The third-order valence-corrected chi connectivity index (χ3v) is 6.28. The Balaban J connectivity index is 1.25. The zero-order valence-electron chi connectivity index (χ0n) is 21.9. The summed E-state index contributed by atoms with van der Waals surface area (Å²) in [5, 5.41) is 16.5. The maximum absolute atomic E-state index is 14.4. The highest BCUT2D eigenvalue weighted by Gasteiger charge is 2.32. The van der Waals surface area contributed by atoms with Crippen molar-refractivity contribution in [3.8, 4) is 11.5 Å². The van der Waals surface area contributed by atoms with E-state index < -0.39 is 18.6 Å². The van der Waals surface area contributed by atoms with Crippen molar-refractivity contribution in [1.82, 2.24) is 5.32 Å². The minimum Gasteiger partial charge on any atom is -0.487 e. The third-order valence-electron chi connectivity index (χ3n) is 6.28. The Morgan fingerprint density at radius 2 is 1.57 bits per heavy atom. The van der Waals surface area contributed by atoms with Gasteiger partial charge >= 0.3 is 5.92 Å². The monoisotopic (exact) mass is 546 g/mol. The van der Waals surface area contributed by atoms with Crippen molar-refractivity contribution in [1.29, 1.82) is 0 Å². The van der Waals surface area contributed by atoms with Crippen LogP contribution in [0.5, 0.6) is 11.5 Å². The van der Waals surface area contributed by atoms with Crippen LogP contribution in [-0.4, -0.2) is 31.2 Å². The maximum Gasteiger partial charge on any atom is 0.306 e. The van der Waals surface area contributed by atoms with Gasteiger partial charge in [0.2, 0.25) is 6.41 Å². The summed E-state index contributed by atoms with van der Waals surface area (Å²) in [5.74, 6) is -2.22. The van der Waals surface area contributed by atoms with Crippen LogP contribution < -0.4 is 20.1 Å². The fraction of sp³-hybridized carbons (Fsp3) is 0.219. The Bertz CT molecular complexity index is 1350. The van der Waals surface area contributed by atoms with E-state index in [1.807, 2.05) is 36.4 Å². The van der Waals surface area contributed by atoms with Gasteiger partial charge in [-0.15, -0.1) is 0 Å². The first-order valence-corrected chi connectivity index (χ1v) is 13.0. The maximum atomic E-state index is 14.4. The van der Waals surface area contributed by atoms with Gasteiger partial charge in [0.05, 0.1) is 11.8 Å². The van der Waals surface area contributed by atoms with Crippen molar-refractivity contribution in [3.05, 3.63) is 125 Å². The molecule has 0 aliphatic rings. The average Bonchev–Trinajstić information content (AvgIpc) is 2.99. The summed E-state index contributed by atoms with van der Waals surface area (Å²) in [5.41, 5.74) is 2.92. The Kier molecular flexibility index (Phi) is 10.2. The minimum atomic E-state index is -3.09. The van der Waals surface area contributed by atoms with Crippen molar-refractivity contribution in [3.63, 3.8) is 0 Å². The molecule has 0 spiro atoms. The molecular formula is C32H32F2N2O4. The fourth-order valence-corrected chi connectivity index (χ4v) is 4.11. The second kappa shape index (κ2) is 14.2. The van der Waals surface area contributed by atoms with Crippen molar-refractivity contribution >= 4 is 12.1 Å². The summed E-state index contributed by atoms with van der Waals surface area (Å²) in [6.45, 7) is 0.435. The van der Waals surface area contributed by atoms with Gasteiger partial charge in [-0.1, -0.05) is 78.9 Å². The van der Waals surface area contributed by atoms with Crippen LogP contribution in [0.25, 0.3) is 0 Å². The molecule has 4 aromatic carbocycles. The highest BCUT2D eigenvalue weighted by molar-refractivity contribution is 5.76. The van der Waals surface area contributed by atoms with E-state index in [0.717, 1.165) is 11.1 Å². The number of benzene rings is 4. The number of rotatable bonds is 15. The van der Waals surface area contributed by atoms with Crippen LogP contribution >= 0.6 is 0 Å². The Hall–Kier alpha value is -4.27. The molecule has 1 amide bonds. The molecule has 0 radical (unpaired) electrons. The van der Waals surface area contributed by atoms with Crippen LogP contribution in [-0.2, 0) is 23.7 Å². The Labute approximate surface area is 232 Å². The minimum absolute atomic E-state index is 0.0858. The molecule has 4 aromatic rings. The summed E-state index contributed by atoms with van der Waals surface area (Å²) >= 11 is 0. The molecule has 0 unspecified atom stereocenters. The molecule has 0 heterocycles. The summed E-state index contributed by atoms with van der Waals surface area (Å²) in [4.78, 5) is 11.1. The van der Waals surface area contributed by atoms with Gasteiger partial charge in [0.25, 0.3) is 0 Å². The van der Waals surface area contributed by atoms with Crippen LogP contribution in [0.15, 0.2) is 103 Å². The number of aliphatic hydroxyl groups excluding tert-OH is 1. The molecule has 3 N–H and O–H groups in total. The molecule has 0 saturated heterocycles. The first kappa shape index (κ1) is 28.7. The van der Waals surface area contributed by atoms with Gasteiger partial charge in [-0.05, 0) is 53.9 Å². The molecule has 0 aromatic heterocycles. The van der Waals surface area contributed by atoms with Crippen molar-refractivity contribution < 1.29 is 28.2 Å². The lowest BCUT2D eigenvalue weighted by Crippen LogP contribution is -2.24. The molecular weight excluding hydrogens is 514 g/mol. The molecule has 8 heteroatoms. The molecule has 40 heavy (non-hydrogen) atoms. The number of anilines is 1. The average molecular weight is 547 g/mol. The van der Waals surface area contributed by atoms with Gasteiger partial charge in [0, 0.05) is 12.1 Å². The second-order valence-electron chi connectivity index (χ2n) is 9.27. The third kappa shape index (κ3) is 8.36. The first-order valence-electron chi connectivity index (χ1n) is 13.0. The Morgan fingerprint density at radius 1 is 0.850 bits per heavy atom. The normalized spacial score (nSPS) is 12.0. The number of aliphatic hydroxyl groups is 1. The van der Waals surface area contributed by atoms with Crippen LogP contribution in [0.2, 0.25) is 0 Å². The van der Waals surface area contributed by atoms with E-state index in [0.29, 0.717) is 48.7 Å². The molecule has 4 rings (SSSR count). The number of ether oxygens (including phenoxy) is 2. The summed E-state index contributed by atoms with van der Waals surface area (Å²) in [6, 6.07) is 29.5. The van der Waals surface area contributed by atoms with Crippen LogP contribution in [0.4, 0.5) is 14.5 Å². The van der Waals surface area contributed by atoms with Gasteiger partial charge in [-0.25, -0.2) is 0 Å². The van der Waals surface area contributed by atoms with Crippen molar-refractivity contribution in [2.75, 3.05) is 25.0 Å². The lowest BCUT2D eigenvalue weighted by molar-refractivity contribution is -0.105. The zero-order valence-corrected chi connectivity index (χ0v) is 21.9. The number of hydrogen-bond donors (Lipinski definition) is 3. The lowest BCUT2D eigenvalue weighted by atomic mass is 10.1. The van der Waals surface area contributed by atoms with E-state index in [9.17, 15) is 18.7 Å². The van der Waals surface area contributed by atoms with E-state index in [2.05, 4.69) is 10.6 Å². The molecule has 0 bridgehead atoms. The molecule has 0 saturated carbocycles. The van der Waals surface area contributed by atoms with Gasteiger partial charge in [0.15, 0.2) is 6.61 Å². The number of carbonyl (C=O) groups is 1. The highest BCUT2D eigenvalue weighted by Crippen LogP contribution is 2.30. The number of carbonyl (C=O) groups excluding carboxylic acids is 1. The smallest absolute Gasteiger partial charge is 0.306 e. The standard InChI is InChI=1S/C32H32F2N2O4/c33-32(34,27-11-5-2-6-12-27)22-40-28-13-7-10-24(18-28)16-17-35-20-30(38)26-14-15-31(29(19-26)36-23-37)39-21-25-8-3-1-4-9-25/h1-15,18-19,23,30,35,38H,16-17,20-22H2,(H,36,37)/t30-/m1/s1. The van der Waals surface area contributed by atoms with Crippen LogP contribution in [0, 0.1) is 0 Å². The van der Waals surface area contributed by atoms with E-state index in [4.69, 9.17) is 9.47 Å². The Morgan fingerprint density at radius 3 is 2.33 bits per heavy atom. The number of alkyl halides is 2. The molecule has 1 atom stereocenters. The van der Waals surface area contributed by atoms with Crippen LogP contribution in [0.3, 0.4) is 0 Å². The number of halogens is 2. The molecule has 208 valence electrons. The largest absolute Gasteiger partial charge is 0.487 e. The van der Waals surface area contributed by atoms with Crippen molar-refractivity contribution in [2.24, 2.45) is 0 Å². The predicted octanol–water partition coefficient (Wildman–Crippen LogP) is 5.87. The fourth-order valence-electron chi connectivity index (χ4n) is 4.11. The number of hydrogen-bond acceptors (Lipinski definition) is 5. The summed E-state index contributed by atoms with van der Waals surface area (Å²) in [6.07, 6.45) is 0.369. The lowest BCUT2D eigenvalue weighted by Gasteiger charge is -2.18. The van der Waals surface area contributed by atoms with Gasteiger partial charge < -0.3 is 25.2 Å². The first-order chi connectivity index (χ1) is 19.4. The summed E-state index contributed by atoms with van der Waals surface area (Å²) in [7, 11) is 0. The van der Waals surface area contributed by atoms with Crippen LogP contribution in [0.1, 0.15) is 28.4 Å². The molecule has 0 aliphatic heterocycles. The number of amides is 1. The second-order valence-corrected chi connectivity index (χ2v) is 9.27. The highest BCUT2D eigenvalue weighted by atomic mass is 19.3.